The third kappa shape index (κ3) is 4.33. The van der Waals surface area contributed by atoms with E-state index >= 15 is 0 Å². The molecule has 0 atom stereocenters. The zero-order valence-corrected chi connectivity index (χ0v) is 14.5. The molecule has 0 spiro atoms. The summed E-state index contributed by atoms with van der Waals surface area (Å²) in [6.45, 7) is 4.42. The maximum absolute atomic E-state index is 12.4. The molecule has 0 saturated carbocycles. The first-order valence-corrected chi connectivity index (χ1v) is 9.14. The normalized spacial score (nSPS) is 11.3. The van der Waals surface area contributed by atoms with E-state index in [9.17, 15) is 13.2 Å². The van der Waals surface area contributed by atoms with Crippen LogP contribution >= 0.6 is 0 Å². The maximum atomic E-state index is 12.4. The van der Waals surface area contributed by atoms with Gasteiger partial charge in [0, 0.05) is 24.5 Å². The molecule has 0 aromatic heterocycles. The Labute approximate surface area is 142 Å². The third-order valence-corrected chi connectivity index (χ3v) is 5.55. The van der Waals surface area contributed by atoms with Crippen molar-refractivity contribution in [2.24, 2.45) is 0 Å². The minimum Gasteiger partial charge on any atom is -0.308 e. The van der Waals surface area contributed by atoms with Crippen molar-refractivity contribution >= 4 is 27.4 Å². The van der Waals surface area contributed by atoms with Gasteiger partial charge in [-0.25, -0.2) is 13.2 Å². The van der Waals surface area contributed by atoms with E-state index in [-0.39, 0.29) is 10.9 Å². The summed E-state index contributed by atoms with van der Waals surface area (Å²) in [7, 11) is -3.49. The molecule has 0 heterocycles. The summed E-state index contributed by atoms with van der Waals surface area (Å²) in [5, 5.41) is 5.36. The van der Waals surface area contributed by atoms with Gasteiger partial charge in [0.2, 0.25) is 10.0 Å². The van der Waals surface area contributed by atoms with Crippen LogP contribution < -0.4 is 10.6 Å². The maximum Gasteiger partial charge on any atom is 0.323 e. The minimum atomic E-state index is -3.49. The summed E-state index contributed by atoms with van der Waals surface area (Å²) in [4.78, 5) is 12.1. The zero-order chi connectivity index (χ0) is 17.6. The van der Waals surface area contributed by atoms with Crippen LogP contribution in [0.4, 0.5) is 16.2 Å². The molecule has 0 aliphatic carbocycles. The van der Waals surface area contributed by atoms with Crippen LogP contribution in [0.15, 0.2) is 59.5 Å². The van der Waals surface area contributed by atoms with E-state index in [1.165, 1.54) is 16.4 Å². The molecule has 0 fully saturated rings. The molecular formula is C17H21N3O3S. The van der Waals surface area contributed by atoms with E-state index in [2.05, 4.69) is 10.6 Å². The highest BCUT2D eigenvalue weighted by molar-refractivity contribution is 7.89. The quantitative estimate of drug-likeness (QED) is 0.841. The van der Waals surface area contributed by atoms with Crippen molar-refractivity contribution < 1.29 is 13.2 Å². The first-order valence-electron chi connectivity index (χ1n) is 7.70. The summed E-state index contributed by atoms with van der Waals surface area (Å²) in [6.07, 6.45) is 0. The van der Waals surface area contributed by atoms with Gasteiger partial charge < -0.3 is 10.6 Å². The average molecular weight is 347 g/mol. The smallest absolute Gasteiger partial charge is 0.308 e. The number of para-hydroxylation sites is 1. The van der Waals surface area contributed by atoms with Gasteiger partial charge in [-0.1, -0.05) is 32.0 Å². The third-order valence-electron chi connectivity index (χ3n) is 3.49. The molecule has 0 aliphatic heterocycles. The monoisotopic (exact) mass is 347 g/mol. The first-order chi connectivity index (χ1) is 11.5. The van der Waals surface area contributed by atoms with Crippen LogP contribution in [0.1, 0.15) is 13.8 Å². The van der Waals surface area contributed by atoms with Gasteiger partial charge in [0.25, 0.3) is 0 Å². The lowest BCUT2D eigenvalue weighted by Crippen LogP contribution is -2.30. The molecule has 0 radical (unpaired) electrons. The summed E-state index contributed by atoms with van der Waals surface area (Å²) in [5.74, 6) is 0. The van der Waals surface area contributed by atoms with Crippen molar-refractivity contribution in [1.82, 2.24) is 4.31 Å². The number of amides is 2. The van der Waals surface area contributed by atoms with E-state index in [1.54, 1.807) is 38.1 Å². The highest BCUT2D eigenvalue weighted by atomic mass is 32.2. The van der Waals surface area contributed by atoms with Crippen LogP contribution in [-0.4, -0.2) is 31.8 Å². The second-order valence-corrected chi connectivity index (χ2v) is 7.00. The van der Waals surface area contributed by atoms with E-state index < -0.39 is 10.0 Å². The standard InChI is InChI=1S/C17H21N3O3S/c1-3-20(4-2)24(22,23)16-12-10-15(11-13-16)19-17(21)18-14-8-6-5-7-9-14/h5-13H,3-4H2,1-2H3,(H2,18,19,21). The van der Waals surface area contributed by atoms with Crippen LogP contribution in [0.5, 0.6) is 0 Å². The molecule has 0 unspecified atom stereocenters. The van der Waals surface area contributed by atoms with Gasteiger partial charge in [-0.05, 0) is 36.4 Å². The van der Waals surface area contributed by atoms with Crippen molar-refractivity contribution in [3.63, 3.8) is 0 Å². The minimum absolute atomic E-state index is 0.209. The van der Waals surface area contributed by atoms with Crippen molar-refractivity contribution in [3.05, 3.63) is 54.6 Å². The molecule has 2 rings (SSSR count). The Morgan fingerprint density at radius 2 is 1.38 bits per heavy atom. The molecule has 0 bridgehead atoms. The fourth-order valence-electron chi connectivity index (χ4n) is 2.24. The van der Waals surface area contributed by atoms with Crippen LogP contribution in [0.25, 0.3) is 0 Å². The molecule has 7 heteroatoms. The predicted molar refractivity (Wildman–Crippen MR) is 95.6 cm³/mol. The van der Waals surface area contributed by atoms with E-state index in [4.69, 9.17) is 0 Å². The number of hydrogen-bond donors (Lipinski definition) is 2. The SMILES string of the molecule is CCN(CC)S(=O)(=O)c1ccc(NC(=O)Nc2ccccc2)cc1. The highest BCUT2D eigenvalue weighted by Gasteiger charge is 2.21. The number of hydrogen-bond acceptors (Lipinski definition) is 3. The lowest BCUT2D eigenvalue weighted by atomic mass is 10.3. The van der Waals surface area contributed by atoms with Gasteiger partial charge in [-0.15, -0.1) is 0 Å². The summed E-state index contributed by atoms with van der Waals surface area (Å²) >= 11 is 0. The Morgan fingerprint density at radius 3 is 1.88 bits per heavy atom. The number of carbonyl (C=O) groups is 1. The number of carbonyl (C=O) groups excluding carboxylic acids is 1. The molecule has 2 N–H and O–H groups in total. The average Bonchev–Trinajstić information content (AvgIpc) is 2.57. The number of benzene rings is 2. The Balaban J connectivity index is 2.05. The molecule has 24 heavy (non-hydrogen) atoms. The fourth-order valence-corrected chi connectivity index (χ4v) is 3.70. The van der Waals surface area contributed by atoms with Crippen LogP contribution in [-0.2, 0) is 10.0 Å². The number of rotatable bonds is 6. The van der Waals surface area contributed by atoms with Crippen molar-refractivity contribution in [1.29, 1.82) is 0 Å². The van der Waals surface area contributed by atoms with Crippen molar-refractivity contribution in [2.75, 3.05) is 23.7 Å². The van der Waals surface area contributed by atoms with Gasteiger partial charge in [0.05, 0.1) is 4.90 Å². The molecule has 0 saturated heterocycles. The Bertz CT molecular complexity index is 770. The summed E-state index contributed by atoms with van der Waals surface area (Å²) in [6, 6.07) is 14.8. The van der Waals surface area contributed by atoms with Crippen molar-refractivity contribution in [2.45, 2.75) is 18.7 Å². The van der Waals surface area contributed by atoms with Crippen LogP contribution in [0.3, 0.4) is 0 Å². The number of urea groups is 1. The van der Waals surface area contributed by atoms with E-state index in [1.807, 2.05) is 18.2 Å². The Kier molecular flexibility index (Phi) is 5.94. The van der Waals surface area contributed by atoms with Gasteiger partial charge in [0.15, 0.2) is 0 Å². The second-order valence-electron chi connectivity index (χ2n) is 5.06. The Morgan fingerprint density at radius 1 is 0.875 bits per heavy atom. The topological polar surface area (TPSA) is 78.5 Å². The number of nitrogens with zero attached hydrogens (tertiary/aromatic N) is 1. The molecule has 2 aromatic rings. The number of sulfonamides is 1. The molecule has 128 valence electrons. The highest BCUT2D eigenvalue weighted by Crippen LogP contribution is 2.18. The Hall–Kier alpha value is -2.38. The zero-order valence-electron chi connectivity index (χ0n) is 13.7. The van der Waals surface area contributed by atoms with Crippen molar-refractivity contribution in [3.8, 4) is 0 Å². The van der Waals surface area contributed by atoms with Gasteiger partial charge >= 0.3 is 6.03 Å². The second kappa shape index (κ2) is 7.94. The summed E-state index contributed by atoms with van der Waals surface area (Å²) < 4.78 is 26.2. The van der Waals surface area contributed by atoms with Crippen LogP contribution in [0, 0.1) is 0 Å². The molecule has 2 aromatic carbocycles. The first kappa shape index (κ1) is 18.0. The van der Waals surface area contributed by atoms with Gasteiger partial charge in [-0.3, -0.25) is 0 Å². The van der Waals surface area contributed by atoms with Crippen LogP contribution in [0.2, 0.25) is 0 Å². The molecule has 6 nitrogen and oxygen atoms in total. The molecular weight excluding hydrogens is 326 g/mol. The van der Waals surface area contributed by atoms with E-state index in [0.717, 1.165) is 0 Å². The van der Waals surface area contributed by atoms with Gasteiger partial charge in [0.1, 0.15) is 0 Å². The predicted octanol–water partition coefficient (Wildman–Crippen LogP) is 3.36. The lowest BCUT2D eigenvalue weighted by molar-refractivity contribution is 0.262. The fraction of sp³-hybridized carbons (Fsp3) is 0.235. The largest absolute Gasteiger partial charge is 0.323 e. The molecule has 2 amide bonds. The number of anilines is 2. The number of nitrogens with one attached hydrogen (secondary N) is 2. The van der Waals surface area contributed by atoms with Gasteiger partial charge in [-0.2, -0.15) is 4.31 Å². The summed E-state index contributed by atoms with van der Waals surface area (Å²) in [5.41, 5.74) is 1.19. The van der Waals surface area contributed by atoms with E-state index in [0.29, 0.717) is 24.5 Å². The lowest BCUT2D eigenvalue weighted by Gasteiger charge is -2.18. The molecule has 0 aliphatic rings.